The summed E-state index contributed by atoms with van der Waals surface area (Å²) in [6, 6.07) is 24.1. The van der Waals surface area contributed by atoms with Crippen molar-refractivity contribution in [3.63, 3.8) is 0 Å². The molecular weight excluding hydrogens is 338 g/mol. The van der Waals surface area contributed by atoms with E-state index in [9.17, 15) is 9.90 Å². The van der Waals surface area contributed by atoms with Gasteiger partial charge >= 0.3 is 0 Å². The molecule has 3 aromatic carbocycles. The predicted octanol–water partition coefficient (Wildman–Crippen LogP) is 4.14. The zero-order chi connectivity index (χ0) is 18.8. The molecule has 0 aliphatic heterocycles. The number of nitrogens with one attached hydrogen (secondary N) is 1. The molecule has 0 spiro atoms. The zero-order valence-electron chi connectivity index (χ0n) is 14.4. The van der Waals surface area contributed by atoms with Gasteiger partial charge in [0.15, 0.2) is 5.88 Å². The molecule has 27 heavy (non-hydrogen) atoms. The number of para-hydroxylation sites is 1. The minimum atomic E-state index is -0.483. The van der Waals surface area contributed by atoms with E-state index in [0.717, 1.165) is 16.5 Å². The predicted molar refractivity (Wildman–Crippen MR) is 107 cm³/mol. The van der Waals surface area contributed by atoms with Crippen molar-refractivity contribution >= 4 is 28.2 Å². The van der Waals surface area contributed by atoms with E-state index in [1.807, 2.05) is 54.6 Å². The maximum atomic E-state index is 11.3. The number of carbonyl (C=O) groups is 1. The van der Waals surface area contributed by atoms with Crippen molar-refractivity contribution in [2.45, 2.75) is 0 Å². The SMILES string of the molecule is NC(=O)c1ccc(N=C(c2ccccc2)c2c(O)[nH]c3ccccc23)cc1. The Morgan fingerprint density at radius 1 is 0.852 bits per heavy atom. The number of amides is 1. The van der Waals surface area contributed by atoms with Crippen LogP contribution in [-0.2, 0) is 0 Å². The number of carbonyl (C=O) groups excluding carboxylic acids is 1. The van der Waals surface area contributed by atoms with Crippen molar-refractivity contribution in [2.75, 3.05) is 0 Å². The molecule has 0 aliphatic rings. The Bertz CT molecular complexity index is 1140. The molecule has 0 unspecified atom stereocenters. The van der Waals surface area contributed by atoms with Crippen molar-refractivity contribution < 1.29 is 9.90 Å². The summed E-state index contributed by atoms with van der Waals surface area (Å²) in [5.41, 5.74) is 9.36. The number of aromatic amines is 1. The second-order valence-electron chi connectivity index (χ2n) is 6.13. The average Bonchev–Trinajstić information content (AvgIpc) is 3.03. The Hall–Kier alpha value is -3.86. The largest absolute Gasteiger partial charge is 0.494 e. The molecule has 5 nitrogen and oxygen atoms in total. The first-order valence-corrected chi connectivity index (χ1v) is 8.47. The smallest absolute Gasteiger partial charge is 0.248 e. The second kappa shape index (κ2) is 6.80. The van der Waals surface area contributed by atoms with Crippen LogP contribution in [-0.4, -0.2) is 21.7 Å². The Labute approximate surface area is 155 Å². The third-order valence-electron chi connectivity index (χ3n) is 4.36. The molecule has 0 aliphatic carbocycles. The number of primary amides is 1. The monoisotopic (exact) mass is 355 g/mol. The highest BCUT2D eigenvalue weighted by Crippen LogP contribution is 2.31. The summed E-state index contributed by atoms with van der Waals surface area (Å²) in [6.45, 7) is 0. The number of hydrogen-bond donors (Lipinski definition) is 3. The summed E-state index contributed by atoms with van der Waals surface area (Å²) in [6.07, 6.45) is 0. The molecular formula is C22H17N3O2. The van der Waals surface area contributed by atoms with Crippen LogP contribution in [0.3, 0.4) is 0 Å². The van der Waals surface area contributed by atoms with Gasteiger partial charge < -0.3 is 15.8 Å². The molecule has 0 saturated heterocycles. The highest BCUT2D eigenvalue weighted by atomic mass is 16.3. The summed E-state index contributed by atoms with van der Waals surface area (Å²) in [7, 11) is 0. The lowest BCUT2D eigenvalue weighted by Gasteiger charge is -2.08. The summed E-state index contributed by atoms with van der Waals surface area (Å²) in [5.74, 6) is -0.421. The number of fused-ring (bicyclic) bond motifs is 1. The van der Waals surface area contributed by atoms with Crippen LogP contribution in [0.15, 0.2) is 83.9 Å². The number of aromatic hydroxyl groups is 1. The third kappa shape index (κ3) is 3.18. The first-order chi connectivity index (χ1) is 13.1. The second-order valence-corrected chi connectivity index (χ2v) is 6.13. The van der Waals surface area contributed by atoms with Crippen molar-refractivity contribution in [3.05, 3.63) is 95.6 Å². The highest BCUT2D eigenvalue weighted by Gasteiger charge is 2.18. The molecule has 4 N–H and O–H groups in total. The van der Waals surface area contributed by atoms with E-state index in [-0.39, 0.29) is 5.88 Å². The number of aliphatic imine (C=N–C) groups is 1. The number of H-pyrrole nitrogens is 1. The Morgan fingerprint density at radius 2 is 1.52 bits per heavy atom. The Morgan fingerprint density at radius 3 is 2.22 bits per heavy atom. The standard InChI is InChI=1S/C22H17N3O2/c23-21(26)15-10-12-16(13-11-15)24-20(14-6-2-1-3-7-14)19-17-8-4-5-9-18(17)25-22(19)27/h1-13,25,27H,(H2,23,26). The molecule has 4 aromatic rings. The first-order valence-electron chi connectivity index (χ1n) is 8.47. The van der Waals surface area contributed by atoms with Gasteiger partial charge in [-0.25, -0.2) is 4.99 Å². The maximum Gasteiger partial charge on any atom is 0.248 e. The normalized spacial score (nSPS) is 11.6. The topological polar surface area (TPSA) is 91.5 Å². The number of hydrogen-bond acceptors (Lipinski definition) is 3. The van der Waals surface area contributed by atoms with Crippen LogP contribution in [0.2, 0.25) is 0 Å². The molecule has 0 atom stereocenters. The molecule has 1 heterocycles. The van der Waals surface area contributed by atoms with E-state index in [1.165, 1.54) is 0 Å². The average molecular weight is 355 g/mol. The van der Waals surface area contributed by atoms with E-state index in [4.69, 9.17) is 10.7 Å². The Kier molecular flexibility index (Phi) is 4.18. The Balaban J connectivity index is 1.92. The number of aromatic nitrogens is 1. The van der Waals surface area contributed by atoms with Crippen LogP contribution < -0.4 is 5.73 Å². The van der Waals surface area contributed by atoms with Crippen LogP contribution in [0.1, 0.15) is 21.5 Å². The van der Waals surface area contributed by atoms with Gasteiger partial charge in [-0.05, 0) is 30.3 Å². The van der Waals surface area contributed by atoms with Gasteiger partial charge in [-0.2, -0.15) is 0 Å². The van der Waals surface area contributed by atoms with Gasteiger partial charge in [-0.15, -0.1) is 0 Å². The lowest BCUT2D eigenvalue weighted by molar-refractivity contribution is 0.100. The lowest BCUT2D eigenvalue weighted by Crippen LogP contribution is -2.10. The van der Waals surface area contributed by atoms with Crippen molar-refractivity contribution in [1.82, 2.24) is 4.98 Å². The molecule has 0 saturated carbocycles. The number of nitrogens with zero attached hydrogens (tertiary/aromatic N) is 1. The van der Waals surface area contributed by atoms with E-state index in [2.05, 4.69) is 4.98 Å². The van der Waals surface area contributed by atoms with Crippen LogP contribution in [0.4, 0.5) is 5.69 Å². The van der Waals surface area contributed by atoms with Gasteiger partial charge in [-0.3, -0.25) is 4.79 Å². The van der Waals surface area contributed by atoms with Crippen LogP contribution in [0.5, 0.6) is 5.88 Å². The van der Waals surface area contributed by atoms with Gasteiger partial charge in [0.25, 0.3) is 0 Å². The number of benzene rings is 3. The summed E-state index contributed by atoms with van der Waals surface area (Å²) >= 11 is 0. The van der Waals surface area contributed by atoms with Crippen molar-refractivity contribution in [2.24, 2.45) is 10.7 Å². The van der Waals surface area contributed by atoms with Gasteiger partial charge in [0.2, 0.25) is 5.91 Å². The maximum absolute atomic E-state index is 11.3. The number of nitrogens with two attached hydrogens (primary N) is 1. The zero-order valence-corrected chi connectivity index (χ0v) is 14.4. The molecule has 1 amide bonds. The fourth-order valence-corrected chi connectivity index (χ4v) is 3.06. The van der Waals surface area contributed by atoms with Crippen molar-refractivity contribution in [1.29, 1.82) is 0 Å². The third-order valence-corrected chi connectivity index (χ3v) is 4.36. The number of rotatable bonds is 4. The summed E-state index contributed by atoms with van der Waals surface area (Å²) < 4.78 is 0. The minimum absolute atomic E-state index is 0.0626. The quantitative estimate of drug-likeness (QED) is 0.480. The molecule has 1 aromatic heterocycles. The summed E-state index contributed by atoms with van der Waals surface area (Å²) in [4.78, 5) is 19.1. The fourth-order valence-electron chi connectivity index (χ4n) is 3.06. The van der Waals surface area contributed by atoms with Crippen LogP contribution in [0.25, 0.3) is 10.9 Å². The van der Waals surface area contributed by atoms with Crippen LogP contribution >= 0.6 is 0 Å². The highest BCUT2D eigenvalue weighted by molar-refractivity contribution is 6.21. The van der Waals surface area contributed by atoms with Gasteiger partial charge in [-0.1, -0.05) is 48.5 Å². The van der Waals surface area contributed by atoms with E-state index in [0.29, 0.717) is 22.5 Å². The van der Waals surface area contributed by atoms with E-state index in [1.54, 1.807) is 24.3 Å². The lowest BCUT2D eigenvalue weighted by atomic mass is 10.0. The van der Waals surface area contributed by atoms with Crippen LogP contribution in [0, 0.1) is 0 Å². The van der Waals surface area contributed by atoms with E-state index < -0.39 is 5.91 Å². The van der Waals surface area contributed by atoms with Crippen molar-refractivity contribution in [3.8, 4) is 5.88 Å². The molecule has 0 fully saturated rings. The van der Waals surface area contributed by atoms with Gasteiger partial charge in [0, 0.05) is 22.0 Å². The van der Waals surface area contributed by atoms with Gasteiger partial charge in [0.05, 0.1) is 17.0 Å². The molecule has 132 valence electrons. The molecule has 4 rings (SSSR count). The summed E-state index contributed by atoms with van der Waals surface area (Å²) in [5, 5.41) is 11.4. The first kappa shape index (κ1) is 16.6. The van der Waals surface area contributed by atoms with E-state index >= 15 is 0 Å². The molecule has 0 bridgehead atoms. The van der Waals surface area contributed by atoms with Gasteiger partial charge in [0.1, 0.15) is 0 Å². The minimum Gasteiger partial charge on any atom is -0.494 e. The molecule has 0 radical (unpaired) electrons. The molecule has 5 heteroatoms. The fraction of sp³-hybridized carbons (Fsp3) is 0.